The number of rotatable bonds is 61. The van der Waals surface area contributed by atoms with Gasteiger partial charge in [0.05, 0.1) is 0 Å². The number of allylic oxidation sites excluding steroid dienone is 24. The molecule has 0 aliphatic heterocycles. The molecule has 0 amide bonds. The van der Waals surface area contributed by atoms with Crippen LogP contribution in [-0.4, -0.2) is 37.2 Å². The Morgan fingerprint density at radius 2 is 0.482 bits per heavy atom. The van der Waals surface area contributed by atoms with E-state index in [1.807, 2.05) is 0 Å². The van der Waals surface area contributed by atoms with Crippen LogP contribution >= 0.6 is 0 Å². The Balaban J connectivity index is 4.50. The summed E-state index contributed by atoms with van der Waals surface area (Å²) in [6, 6.07) is 0. The van der Waals surface area contributed by atoms with Crippen LogP contribution in [0.4, 0.5) is 0 Å². The summed E-state index contributed by atoms with van der Waals surface area (Å²) in [7, 11) is 0. The molecule has 0 rings (SSSR count). The number of hydrogen-bond donors (Lipinski definition) is 0. The van der Waals surface area contributed by atoms with Gasteiger partial charge in [-0.1, -0.05) is 289 Å². The van der Waals surface area contributed by atoms with Gasteiger partial charge in [0.1, 0.15) is 13.2 Å². The Bertz CT molecular complexity index is 1800. The Hall–Kier alpha value is -4.71. The second-order valence-corrected chi connectivity index (χ2v) is 22.3. The van der Waals surface area contributed by atoms with Gasteiger partial charge in [0.2, 0.25) is 0 Å². The minimum absolute atomic E-state index is 0.105. The van der Waals surface area contributed by atoms with Crippen molar-refractivity contribution in [3.63, 3.8) is 0 Å². The monoisotopic (exact) mass is 1150 g/mol. The van der Waals surface area contributed by atoms with E-state index < -0.39 is 6.10 Å². The molecule has 0 fully saturated rings. The summed E-state index contributed by atoms with van der Waals surface area (Å²) in [5, 5.41) is 0. The molecule has 1 atom stereocenters. The minimum atomic E-state index is -0.815. The molecule has 0 bridgehead atoms. The van der Waals surface area contributed by atoms with Gasteiger partial charge in [0.25, 0.3) is 0 Å². The van der Waals surface area contributed by atoms with Gasteiger partial charge in [0.15, 0.2) is 6.10 Å². The third-order valence-electron chi connectivity index (χ3n) is 14.3. The molecule has 0 aromatic carbocycles. The standard InChI is InChI=1S/C77H126O6/c1-4-7-10-13-16-19-22-25-28-31-34-35-36-37-38-39-40-41-42-43-44-47-49-52-55-58-61-64-67-70-76(79)82-73-74(83-77(80)71-68-65-62-59-56-53-50-46-33-30-27-24-21-18-15-12-9-6-3)72-81-75(78)69-66-63-60-57-54-51-48-45-32-29-26-23-20-17-14-11-8-5-2/h7,10,16,19,21,24-25,28-30,32-35,37-38,40-41,43-44,49,52,58,61,74H,4-6,8-9,11-15,17-18,20,22-23,26-27,31,36,39,42,45-48,50-51,53-57,59-60,62-73H2,1-3H3/b10-7-,19-16-,24-21-,28-25-,32-29-,33-30-,35-34-,38-37-,41-40-,44-43-,52-49-,61-58-. The van der Waals surface area contributed by atoms with Crippen molar-refractivity contribution in [2.24, 2.45) is 0 Å². The van der Waals surface area contributed by atoms with Crippen molar-refractivity contribution in [1.82, 2.24) is 0 Å². The number of carbonyl (C=O) groups is 3. The SMILES string of the molecule is CC/C=C\C/C=C\C/C=C\C/C=C\C/C=C\C/C=C\C/C=C\C/C=C\C/C=C\CCCC(=O)OCC(COC(=O)CCCCCCCCC/C=C\CCCCCCCCC)OC(=O)CCCCCCCCC/C=C\C/C=C\CCCCCC. The maximum atomic E-state index is 12.9. The van der Waals surface area contributed by atoms with Crippen molar-refractivity contribution in [1.29, 1.82) is 0 Å². The lowest BCUT2D eigenvalue weighted by Gasteiger charge is -2.18. The molecular formula is C77H126O6. The van der Waals surface area contributed by atoms with Crippen LogP contribution in [0, 0.1) is 0 Å². The highest BCUT2D eigenvalue weighted by Crippen LogP contribution is 2.15. The van der Waals surface area contributed by atoms with E-state index in [4.69, 9.17) is 14.2 Å². The molecule has 83 heavy (non-hydrogen) atoms. The van der Waals surface area contributed by atoms with E-state index in [9.17, 15) is 14.4 Å². The van der Waals surface area contributed by atoms with Crippen LogP contribution in [0.5, 0.6) is 0 Å². The zero-order valence-corrected chi connectivity index (χ0v) is 53.9. The molecule has 470 valence electrons. The van der Waals surface area contributed by atoms with Crippen LogP contribution in [0.1, 0.15) is 303 Å². The zero-order chi connectivity index (χ0) is 59.9. The average molecular weight is 1150 g/mol. The predicted octanol–water partition coefficient (Wildman–Crippen LogP) is 23.9. The maximum Gasteiger partial charge on any atom is 0.306 e. The molecule has 0 heterocycles. The molecule has 1 unspecified atom stereocenters. The third kappa shape index (κ3) is 68.0. The summed E-state index contributed by atoms with van der Waals surface area (Å²) in [5.41, 5.74) is 0. The lowest BCUT2D eigenvalue weighted by Crippen LogP contribution is -2.30. The van der Waals surface area contributed by atoms with E-state index in [1.54, 1.807) is 0 Å². The summed E-state index contributed by atoms with van der Waals surface area (Å²) in [4.78, 5) is 38.4. The van der Waals surface area contributed by atoms with E-state index in [2.05, 4.69) is 167 Å². The number of unbranched alkanes of at least 4 members (excludes halogenated alkanes) is 26. The van der Waals surface area contributed by atoms with E-state index >= 15 is 0 Å². The molecule has 0 spiro atoms. The highest BCUT2D eigenvalue weighted by Gasteiger charge is 2.19. The molecule has 0 N–H and O–H groups in total. The first-order chi connectivity index (χ1) is 41.0. The van der Waals surface area contributed by atoms with Crippen molar-refractivity contribution in [2.45, 2.75) is 309 Å². The van der Waals surface area contributed by atoms with Crippen LogP contribution in [0.3, 0.4) is 0 Å². The maximum absolute atomic E-state index is 12.9. The van der Waals surface area contributed by atoms with Crippen LogP contribution in [0.25, 0.3) is 0 Å². The van der Waals surface area contributed by atoms with Crippen molar-refractivity contribution in [3.05, 3.63) is 146 Å². The Morgan fingerprint density at radius 1 is 0.253 bits per heavy atom. The van der Waals surface area contributed by atoms with Crippen molar-refractivity contribution in [2.75, 3.05) is 13.2 Å². The molecule has 0 aliphatic rings. The number of hydrogen-bond acceptors (Lipinski definition) is 6. The van der Waals surface area contributed by atoms with Crippen LogP contribution in [0.15, 0.2) is 146 Å². The second-order valence-electron chi connectivity index (χ2n) is 22.3. The molecule has 6 nitrogen and oxygen atoms in total. The van der Waals surface area contributed by atoms with Gasteiger partial charge in [-0.15, -0.1) is 0 Å². The van der Waals surface area contributed by atoms with Crippen molar-refractivity contribution >= 4 is 17.9 Å². The lowest BCUT2D eigenvalue weighted by molar-refractivity contribution is -0.167. The fourth-order valence-corrected chi connectivity index (χ4v) is 9.18. The first kappa shape index (κ1) is 78.3. The summed E-state index contributed by atoms with van der Waals surface area (Å²) < 4.78 is 16.9. The average Bonchev–Trinajstić information content (AvgIpc) is 3.49. The van der Waals surface area contributed by atoms with Gasteiger partial charge < -0.3 is 14.2 Å². The molecule has 0 saturated carbocycles. The number of carbonyl (C=O) groups excluding carboxylic acids is 3. The molecule has 0 aromatic rings. The van der Waals surface area contributed by atoms with Crippen LogP contribution in [0.2, 0.25) is 0 Å². The second kappa shape index (κ2) is 69.8. The van der Waals surface area contributed by atoms with Gasteiger partial charge in [0, 0.05) is 19.3 Å². The highest BCUT2D eigenvalue weighted by molar-refractivity contribution is 5.71. The lowest BCUT2D eigenvalue weighted by atomic mass is 10.1. The summed E-state index contributed by atoms with van der Waals surface area (Å²) in [6.45, 7) is 6.47. The van der Waals surface area contributed by atoms with Crippen LogP contribution in [-0.2, 0) is 28.6 Å². The summed E-state index contributed by atoms with van der Waals surface area (Å²) in [5.74, 6) is -0.975. The highest BCUT2D eigenvalue weighted by atomic mass is 16.6. The van der Waals surface area contributed by atoms with Gasteiger partial charge in [-0.3, -0.25) is 14.4 Å². The van der Waals surface area contributed by atoms with Gasteiger partial charge in [-0.2, -0.15) is 0 Å². The topological polar surface area (TPSA) is 78.9 Å². The fourth-order valence-electron chi connectivity index (χ4n) is 9.18. The van der Waals surface area contributed by atoms with Crippen LogP contribution < -0.4 is 0 Å². The number of ether oxygens (including phenoxy) is 3. The first-order valence-electron chi connectivity index (χ1n) is 34.3. The van der Waals surface area contributed by atoms with Gasteiger partial charge in [-0.25, -0.2) is 0 Å². The first-order valence-corrected chi connectivity index (χ1v) is 34.3. The molecule has 0 aromatic heterocycles. The van der Waals surface area contributed by atoms with E-state index in [0.29, 0.717) is 19.3 Å². The predicted molar refractivity (Wildman–Crippen MR) is 362 cm³/mol. The summed E-state index contributed by atoms with van der Waals surface area (Å²) in [6.07, 6.45) is 100. The largest absolute Gasteiger partial charge is 0.462 e. The van der Waals surface area contributed by atoms with E-state index in [-0.39, 0.29) is 37.5 Å². The Morgan fingerprint density at radius 3 is 0.807 bits per heavy atom. The van der Waals surface area contributed by atoms with Gasteiger partial charge in [-0.05, 0) is 141 Å². The third-order valence-corrected chi connectivity index (χ3v) is 14.3. The zero-order valence-electron chi connectivity index (χ0n) is 53.9. The molecule has 0 saturated heterocycles. The quantitative estimate of drug-likeness (QED) is 0.0261. The molecule has 0 aliphatic carbocycles. The molecule has 0 radical (unpaired) electrons. The Kier molecular flexibility index (Phi) is 65.8. The van der Waals surface area contributed by atoms with Crippen molar-refractivity contribution in [3.8, 4) is 0 Å². The Labute approximate surface area is 512 Å². The minimum Gasteiger partial charge on any atom is -0.462 e. The number of esters is 3. The summed E-state index contributed by atoms with van der Waals surface area (Å²) >= 11 is 0. The molecular weight excluding hydrogens is 1020 g/mol. The van der Waals surface area contributed by atoms with E-state index in [0.717, 1.165) is 116 Å². The molecule has 6 heteroatoms. The fraction of sp³-hybridized carbons (Fsp3) is 0.649. The normalized spacial score (nSPS) is 13.0. The smallest absolute Gasteiger partial charge is 0.306 e. The van der Waals surface area contributed by atoms with Gasteiger partial charge >= 0.3 is 17.9 Å². The van der Waals surface area contributed by atoms with Crippen molar-refractivity contribution < 1.29 is 28.6 Å². The van der Waals surface area contributed by atoms with E-state index in [1.165, 1.54) is 141 Å².